The number of rotatable bonds is 5. The number of amides is 1. The summed E-state index contributed by atoms with van der Waals surface area (Å²) in [5.74, 6) is 0.140. The third-order valence-electron chi connectivity index (χ3n) is 3.80. The standard InChI is InChI=1S/C16H23BrN2O/c1-3-9-19(11-14-5-4-8-18-14)16(20)13-7-6-12(2)15(17)10-13/h6-7,10,14,18H,3-5,8-9,11H2,1-2H3. The van der Waals surface area contributed by atoms with Gasteiger partial charge >= 0.3 is 0 Å². The summed E-state index contributed by atoms with van der Waals surface area (Å²) in [6, 6.07) is 6.31. The molecule has 0 aromatic heterocycles. The molecule has 0 spiro atoms. The molecular formula is C16H23BrN2O. The Balaban J connectivity index is 2.10. The van der Waals surface area contributed by atoms with Gasteiger partial charge in [0.2, 0.25) is 0 Å². The maximum absolute atomic E-state index is 12.7. The molecule has 1 aliphatic rings. The first kappa shape index (κ1) is 15.5. The van der Waals surface area contributed by atoms with Gasteiger partial charge in [0, 0.05) is 29.2 Å². The summed E-state index contributed by atoms with van der Waals surface area (Å²) in [7, 11) is 0. The lowest BCUT2D eigenvalue weighted by molar-refractivity contribution is 0.0742. The van der Waals surface area contributed by atoms with E-state index in [9.17, 15) is 4.79 Å². The molecule has 1 heterocycles. The summed E-state index contributed by atoms with van der Waals surface area (Å²) < 4.78 is 0.999. The van der Waals surface area contributed by atoms with E-state index in [1.165, 1.54) is 12.8 Å². The van der Waals surface area contributed by atoms with Gasteiger partial charge < -0.3 is 10.2 Å². The number of halogens is 1. The van der Waals surface area contributed by atoms with E-state index in [4.69, 9.17) is 0 Å². The highest BCUT2D eigenvalue weighted by Crippen LogP contribution is 2.19. The van der Waals surface area contributed by atoms with Gasteiger partial charge in [-0.05, 0) is 50.4 Å². The Bertz CT molecular complexity index is 470. The summed E-state index contributed by atoms with van der Waals surface area (Å²) in [5, 5.41) is 3.47. The minimum absolute atomic E-state index is 0.140. The zero-order valence-corrected chi connectivity index (χ0v) is 13.9. The maximum atomic E-state index is 12.7. The van der Waals surface area contributed by atoms with Crippen molar-refractivity contribution in [3.05, 3.63) is 33.8 Å². The van der Waals surface area contributed by atoms with Crippen LogP contribution in [0.3, 0.4) is 0 Å². The van der Waals surface area contributed by atoms with Crippen molar-refractivity contribution in [2.24, 2.45) is 0 Å². The molecule has 0 radical (unpaired) electrons. The molecule has 1 aromatic rings. The van der Waals surface area contributed by atoms with Crippen molar-refractivity contribution in [1.29, 1.82) is 0 Å². The summed E-state index contributed by atoms with van der Waals surface area (Å²) in [6.45, 7) is 6.87. The smallest absolute Gasteiger partial charge is 0.253 e. The van der Waals surface area contributed by atoms with Gasteiger partial charge in [-0.2, -0.15) is 0 Å². The minimum atomic E-state index is 0.140. The zero-order valence-electron chi connectivity index (χ0n) is 12.3. The average molecular weight is 339 g/mol. The Hall–Kier alpha value is -0.870. The van der Waals surface area contributed by atoms with Crippen LogP contribution in [0.25, 0.3) is 0 Å². The van der Waals surface area contributed by atoms with Crippen LogP contribution < -0.4 is 5.32 Å². The normalized spacial score (nSPS) is 18.2. The molecule has 1 unspecified atom stereocenters. The zero-order chi connectivity index (χ0) is 14.5. The lowest BCUT2D eigenvalue weighted by Crippen LogP contribution is -2.41. The van der Waals surface area contributed by atoms with Crippen LogP contribution in [0.2, 0.25) is 0 Å². The van der Waals surface area contributed by atoms with Crippen molar-refractivity contribution >= 4 is 21.8 Å². The molecule has 1 amide bonds. The highest BCUT2D eigenvalue weighted by molar-refractivity contribution is 9.10. The number of nitrogens with zero attached hydrogens (tertiary/aromatic N) is 1. The maximum Gasteiger partial charge on any atom is 0.253 e. The number of aryl methyl sites for hydroxylation is 1. The van der Waals surface area contributed by atoms with E-state index in [1.807, 2.05) is 30.0 Å². The number of hydrogen-bond acceptors (Lipinski definition) is 2. The molecule has 1 saturated heterocycles. The van der Waals surface area contributed by atoms with Crippen LogP contribution in [-0.2, 0) is 0 Å². The first-order chi connectivity index (χ1) is 9.61. The highest BCUT2D eigenvalue weighted by Gasteiger charge is 2.22. The molecule has 0 saturated carbocycles. The molecule has 0 aliphatic carbocycles. The first-order valence-corrected chi connectivity index (χ1v) is 8.20. The van der Waals surface area contributed by atoms with Crippen LogP contribution in [0.1, 0.15) is 42.1 Å². The summed E-state index contributed by atoms with van der Waals surface area (Å²) in [6.07, 6.45) is 3.38. The van der Waals surface area contributed by atoms with Crippen molar-refractivity contribution in [2.45, 2.75) is 39.2 Å². The van der Waals surface area contributed by atoms with Crippen molar-refractivity contribution < 1.29 is 4.79 Å². The lowest BCUT2D eigenvalue weighted by Gasteiger charge is -2.25. The van der Waals surface area contributed by atoms with Crippen molar-refractivity contribution in [1.82, 2.24) is 10.2 Å². The van der Waals surface area contributed by atoms with Gasteiger partial charge in [0.05, 0.1) is 0 Å². The second kappa shape index (κ2) is 7.23. The van der Waals surface area contributed by atoms with Crippen molar-refractivity contribution in [3.63, 3.8) is 0 Å². The van der Waals surface area contributed by atoms with Gasteiger partial charge in [0.1, 0.15) is 0 Å². The first-order valence-electron chi connectivity index (χ1n) is 7.40. The predicted octanol–water partition coefficient (Wildman–Crippen LogP) is 3.36. The SMILES string of the molecule is CCCN(CC1CCCN1)C(=O)c1ccc(C)c(Br)c1. The van der Waals surface area contributed by atoms with Crippen LogP contribution in [0.15, 0.2) is 22.7 Å². The Kier molecular flexibility index (Phi) is 5.61. The van der Waals surface area contributed by atoms with E-state index in [0.29, 0.717) is 6.04 Å². The molecule has 20 heavy (non-hydrogen) atoms. The molecule has 1 fully saturated rings. The highest BCUT2D eigenvalue weighted by atomic mass is 79.9. The number of hydrogen-bond donors (Lipinski definition) is 1. The second-order valence-corrected chi connectivity index (χ2v) is 6.36. The van der Waals surface area contributed by atoms with E-state index < -0.39 is 0 Å². The molecule has 0 bridgehead atoms. The Morgan fingerprint density at radius 2 is 2.30 bits per heavy atom. The van der Waals surface area contributed by atoms with E-state index in [0.717, 1.165) is 41.7 Å². The molecule has 110 valence electrons. The third kappa shape index (κ3) is 3.83. The molecule has 3 nitrogen and oxygen atoms in total. The second-order valence-electron chi connectivity index (χ2n) is 5.51. The quantitative estimate of drug-likeness (QED) is 0.892. The summed E-state index contributed by atoms with van der Waals surface area (Å²) in [4.78, 5) is 14.6. The van der Waals surface area contributed by atoms with Gasteiger partial charge in [-0.25, -0.2) is 0 Å². The fourth-order valence-electron chi connectivity index (χ4n) is 2.63. The van der Waals surface area contributed by atoms with Gasteiger partial charge in [0.15, 0.2) is 0 Å². The van der Waals surface area contributed by atoms with E-state index in [1.54, 1.807) is 0 Å². The van der Waals surface area contributed by atoms with Gasteiger partial charge in [0.25, 0.3) is 5.91 Å². The van der Waals surface area contributed by atoms with Crippen LogP contribution in [0.5, 0.6) is 0 Å². The Morgan fingerprint density at radius 1 is 1.50 bits per heavy atom. The fourth-order valence-corrected chi connectivity index (χ4v) is 3.01. The number of benzene rings is 1. The van der Waals surface area contributed by atoms with Crippen LogP contribution >= 0.6 is 15.9 Å². The monoisotopic (exact) mass is 338 g/mol. The predicted molar refractivity (Wildman–Crippen MR) is 86.1 cm³/mol. The lowest BCUT2D eigenvalue weighted by atomic mass is 10.1. The molecule has 1 aromatic carbocycles. The van der Waals surface area contributed by atoms with Crippen LogP contribution in [0, 0.1) is 6.92 Å². The number of nitrogens with one attached hydrogen (secondary N) is 1. The Morgan fingerprint density at radius 3 is 2.90 bits per heavy atom. The molecule has 4 heteroatoms. The number of carbonyl (C=O) groups excluding carboxylic acids is 1. The average Bonchev–Trinajstić information content (AvgIpc) is 2.93. The summed E-state index contributed by atoms with van der Waals surface area (Å²) in [5.41, 5.74) is 1.93. The molecule has 2 rings (SSSR count). The Labute approximate surface area is 129 Å². The van der Waals surface area contributed by atoms with Crippen molar-refractivity contribution in [3.8, 4) is 0 Å². The van der Waals surface area contributed by atoms with Crippen LogP contribution in [-0.4, -0.2) is 36.5 Å². The summed E-state index contributed by atoms with van der Waals surface area (Å²) >= 11 is 3.51. The molecule has 1 aliphatic heterocycles. The topological polar surface area (TPSA) is 32.3 Å². The van der Waals surface area contributed by atoms with Gasteiger partial charge in [-0.3, -0.25) is 4.79 Å². The number of carbonyl (C=O) groups is 1. The van der Waals surface area contributed by atoms with Crippen LogP contribution in [0.4, 0.5) is 0 Å². The van der Waals surface area contributed by atoms with E-state index in [2.05, 4.69) is 28.2 Å². The minimum Gasteiger partial charge on any atom is -0.337 e. The van der Waals surface area contributed by atoms with E-state index >= 15 is 0 Å². The molecular weight excluding hydrogens is 316 g/mol. The third-order valence-corrected chi connectivity index (χ3v) is 4.66. The molecule has 1 N–H and O–H groups in total. The van der Waals surface area contributed by atoms with Gasteiger partial charge in [-0.1, -0.05) is 28.9 Å². The van der Waals surface area contributed by atoms with Gasteiger partial charge in [-0.15, -0.1) is 0 Å². The fraction of sp³-hybridized carbons (Fsp3) is 0.562. The van der Waals surface area contributed by atoms with Crippen molar-refractivity contribution in [2.75, 3.05) is 19.6 Å². The largest absolute Gasteiger partial charge is 0.337 e. The van der Waals surface area contributed by atoms with E-state index in [-0.39, 0.29) is 5.91 Å². The molecule has 1 atom stereocenters.